The quantitative estimate of drug-likeness (QED) is 0.121. The van der Waals surface area contributed by atoms with Crippen LogP contribution in [0.5, 0.6) is 0 Å². The highest BCUT2D eigenvalue weighted by Crippen LogP contribution is 2.29. The highest BCUT2D eigenvalue weighted by molar-refractivity contribution is 5.63. The van der Waals surface area contributed by atoms with Gasteiger partial charge in [0.1, 0.15) is 11.6 Å². The second kappa shape index (κ2) is 15.4. The van der Waals surface area contributed by atoms with Gasteiger partial charge in [0.2, 0.25) is 11.9 Å². The molecule has 14 nitrogen and oxygen atoms in total. The third-order valence-electron chi connectivity index (χ3n) is 10.9. The summed E-state index contributed by atoms with van der Waals surface area (Å²) in [5.41, 5.74) is 9.88. The molecule has 0 unspecified atom stereocenters. The van der Waals surface area contributed by atoms with Crippen LogP contribution < -0.4 is 10.6 Å². The van der Waals surface area contributed by atoms with Crippen molar-refractivity contribution < 1.29 is 8.78 Å². The molecule has 8 aromatic rings. The molecule has 0 saturated carbocycles. The molecule has 58 heavy (non-hydrogen) atoms. The monoisotopic (exact) mass is 782 g/mol. The first kappa shape index (κ1) is 37.0. The van der Waals surface area contributed by atoms with Gasteiger partial charge in [-0.3, -0.25) is 9.97 Å². The Morgan fingerprint density at radius 2 is 1.07 bits per heavy atom. The Kier molecular flexibility index (Phi) is 9.83. The largest absolute Gasteiger partial charge is 0.365 e. The van der Waals surface area contributed by atoms with E-state index in [9.17, 15) is 8.78 Å². The fourth-order valence-electron chi connectivity index (χ4n) is 7.82. The number of halogens is 2. The zero-order valence-electron chi connectivity index (χ0n) is 32.7. The average molecular weight is 783 g/mol. The summed E-state index contributed by atoms with van der Waals surface area (Å²) in [4.78, 5) is 33.3. The Hall–Kier alpha value is -6.58. The van der Waals surface area contributed by atoms with Crippen LogP contribution in [0.1, 0.15) is 86.0 Å². The number of aromatic amines is 2. The number of nitrogens with one attached hydrogen (secondary N) is 4. The van der Waals surface area contributed by atoms with E-state index in [-0.39, 0.29) is 23.9 Å². The van der Waals surface area contributed by atoms with Crippen molar-refractivity contribution in [2.75, 3.05) is 10.6 Å². The predicted molar refractivity (Wildman–Crippen MR) is 217 cm³/mol. The number of hydrogen-bond acceptors (Lipinski definition) is 10. The molecule has 4 N–H and O–H groups in total. The van der Waals surface area contributed by atoms with Crippen molar-refractivity contribution in [3.8, 4) is 22.8 Å². The number of nitrogens with zero attached hydrogens (tertiary/aromatic N) is 10. The first-order valence-corrected chi connectivity index (χ1v) is 19.7. The zero-order chi connectivity index (χ0) is 39.9. The van der Waals surface area contributed by atoms with E-state index in [4.69, 9.17) is 0 Å². The van der Waals surface area contributed by atoms with E-state index in [0.717, 1.165) is 60.9 Å². The predicted octanol–water partition coefficient (Wildman–Crippen LogP) is 7.49. The van der Waals surface area contributed by atoms with Gasteiger partial charge in [0.15, 0.2) is 22.9 Å². The topological polar surface area (TPSA) is 168 Å². The molecule has 0 spiro atoms. The standard InChI is InChI=1S/2C21H22FN7/c2*1-12(2)17-11-25-29-20(17)27-19(14-7-15(22)10-23-9-14)28-21(29)26-16-3-4-18-13(8-16)5-6-24-18/h2*5-7,9-12,16,24H,3-4,8H2,1-2H3,(H,26,27,28)/t2*16-/m10/s1. The summed E-state index contributed by atoms with van der Waals surface area (Å²) < 4.78 is 31.0. The molecule has 296 valence electrons. The van der Waals surface area contributed by atoms with Crippen LogP contribution in [0, 0.1) is 11.6 Å². The summed E-state index contributed by atoms with van der Waals surface area (Å²) >= 11 is 0. The van der Waals surface area contributed by atoms with Gasteiger partial charge in [0, 0.05) is 70.5 Å². The highest BCUT2D eigenvalue weighted by atomic mass is 19.1. The van der Waals surface area contributed by atoms with Gasteiger partial charge in [-0.2, -0.15) is 29.2 Å². The molecule has 2 aliphatic rings. The second-order valence-electron chi connectivity index (χ2n) is 15.6. The minimum Gasteiger partial charge on any atom is -0.365 e. The van der Waals surface area contributed by atoms with Crippen LogP contribution in [0.3, 0.4) is 0 Å². The van der Waals surface area contributed by atoms with Gasteiger partial charge in [-0.25, -0.2) is 18.7 Å². The van der Waals surface area contributed by atoms with Crippen molar-refractivity contribution >= 4 is 23.2 Å². The van der Waals surface area contributed by atoms with Crippen molar-refractivity contribution in [1.82, 2.24) is 59.1 Å². The van der Waals surface area contributed by atoms with Crippen LogP contribution in [0.2, 0.25) is 0 Å². The number of anilines is 2. The average Bonchev–Trinajstić information content (AvgIpc) is 4.04. The van der Waals surface area contributed by atoms with Crippen LogP contribution in [-0.2, 0) is 25.7 Å². The maximum absolute atomic E-state index is 13.7. The Labute approximate surface area is 333 Å². The Balaban J connectivity index is 0.000000150. The summed E-state index contributed by atoms with van der Waals surface area (Å²) in [6.07, 6.45) is 19.0. The van der Waals surface area contributed by atoms with Gasteiger partial charge in [-0.1, -0.05) is 27.7 Å². The Morgan fingerprint density at radius 1 is 0.621 bits per heavy atom. The van der Waals surface area contributed by atoms with E-state index in [0.29, 0.717) is 34.7 Å². The van der Waals surface area contributed by atoms with Crippen LogP contribution in [0.25, 0.3) is 34.1 Å². The molecule has 2 atom stereocenters. The lowest BCUT2D eigenvalue weighted by Gasteiger charge is -2.24. The number of hydrogen-bond donors (Lipinski definition) is 4. The maximum Gasteiger partial charge on any atom is 0.228 e. The Bertz CT molecular complexity index is 2540. The summed E-state index contributed by atoms with van der Waals surface area (Å²) in [5, 5.41) is 16.2. The minimum atomic E-state index is -0.412. The normalized spacial score (nSPS) is 16.3. The summed E-state index contributed by atoms with van der Waals surface area (Å²) in [7, 11) is 0. The first-order chi connectivity index (χ1) is 28.2. The first-order valence-electron chi connectivity index (χ1n) is 19.7. The highest BCUT2D eigenvalue weighted by Gasteiger charge is 2.25. The van der Waals surface area contributed by atoms with E-state index in [1.54, 1.807) is 21.4 Å². The van der Waals surface area contributed by atoms with E-state index in [1.165, 1.54) is 47.0 Å². The van der Waals surface area contributed by atoms with Gasteiger partial charge in [0.25, 0.3) is 0 Å². The lowest BCUT2D eigenvalue weighted by molar-refractivity contribution is 0.597. The van der Waals surface area contributed by atoms with E-state index >= 15 is 0 Å². The van der Waals surface area contributed by atoms with Crippen molar-refractivity contribution in [3.05, 3.63) is 119 Å². The molecule has 0 saturated heterocycles. The van der Waals surface area contributed by atoms with Crippen molar-refractivity contribution in [1.29, 1.82) is 0 Å². The summed E-state index contributed by atoms with van der Waals surface area (Å²) in [6.45, 7) is 8.41. The molecule has 8 aromatic heterocycles. The Morgan fingerprint density at radius 3 is 1.48 bits per heavy atom. The summed E-state index contributed by atoms with van der Waals surface area (Å²) in [5.74, 6) is 1.79. The molecule has 0 aliphatic heterocycles. The third kappa shape index (κ3) is 7.37. The molecule has 0 aromatic carbocycles. The van der Waals surface area contributed by atoms with E-state index in [1.807, 2.05) is 24.8 Å². The zero-order valence-corrected chi connectivity index (χ0v) is 32.7. The van der Waals surface area contributed by atoms with Crippen LogP contribution >= 0.6 is 0 Å². The SMILES string of the molecule is CC(C)c1cnn2c(N[C@@H]3CCc4[nH]ccc4C3)nc(-c3cncc(F)c3)nc12.CC(C)c1cnn2c(N[C@H]3CCc4[nH]ccc4C3)nc(-c3cncc(F)c3)nc12. The van der Waals surface area contributed by atoms with Crippen molar-refractivity contribution in [2.24, 2.45) is 0 Å². The second-order valence-corrected chi connectivity index (χ2v) is 15.6. The van der Waals surface area contributed by atoms with Gasteiger partial charge in [0.05, 0.1) is 24.8 Å². The lowest BCUT2D eigenvalue weighted by atomic mass is 9.93. The molecule has 2 aliphatic carbocycles. The molecular weight excluding hydrogens is 739 g/mol. The number of fused-ring (bicyclic) bond motifs is 4. The fourth-order valence-corrected chi connectivity index (χ4v) is 7.82. The smallest absolute Gasteiger partial charge is 0.228 e. The van der Waals surface area contributed by atoms with Gasteiger partial charge in [-0.05, 0) is 85.8 Å². The molecule has 0 amide bonds. The number of aromatic nitrogens is 12. The van der Waals surface area contributed by atoms with Crippen LogP contribution in [-0.4, -0.2) is 71.2 Å². The van der Waals surface area contributed by atoms with Crippen molar-refractivity contribution in [2.45, 2.75) is 90.1 Å². The number of aryl methyl sites for hydroxylation is 2. The third-order valence-corrected chi connectivity index (χ3v) is 10.9. The molecule has 8 heterocycles. The van der Waals surface area contributed by atoms with Gasteiger partial charge < -0.3 is 20.6 Å². The number of rotatable bonds is 8. The minimum absolute atomic E-state index is 0.238. The molecule has 0 radical (unpaired) electrons. The fraction of sp³-hybridized carbons (Fsp3) is 0.333. The van der Waals surface area contributed by atoms with Crippen molar-refractivity contribution in [3.63, 3.8) is 0 Å². The van der Waals surface area contributed by atoms with Crippen LogP contribution in [0.15, 0.2) is 73.8 Å². The molecule has 10 rings (SSSR count). The van der Waals surface area contributed by atoms with E-state index in [2.05, 4.69) is 101 Å². The molecule has 0 bridgehead atoms. The molecule has 16 heteroatoms. The number of pyridine rings is 2. The van der Waals surface area contributed by atoms with Crippen LogP contribution in [0.4, 0.5) is 20.7 Å². The summed E-state index contributed by atoms with van der Waals surface area (Å²) in [6, 6.07) is 7.55. The lowest BCUT2D eigenvalue weighted by Crippen LogP contribution is -2.28. The van der Waals surface area contributed by atoms with Gasteiger partial charge >= 0.3 is 0 Å². The molecular formula is C42H44F2N14. The van der Waals surface area contributed by atoms with Gasteiger partial charge in [-0.15, -0.1) is 0 Å². The number of H-pyrrole nitrogens is 2. The molecule has 0 fully saturated rings. The maximum atomic E-state index is 13.7. The van der Waals surface area contributed by atoms with E-state index < -0.39 is 11.6 Å².